The summed E-state index contributed by atoms with van der Waals surface area (Å²) in [6.45, 7) is 8.82. The molecule has 0 amide bonds. The van der Waals surface area contributed by atoms with Gasteiger partial charge in [0.1, 0.15) is 12.1 Å². The van der Waals surface area contributed by atoms with Gasteiger partial charge in [-0.15, -0.1) is 0 Å². The Morgan fingerprint density at radius 2 is 1.86 bits per heavy atom. The summed E-state index contributed by atoms with van der Waals surface area (Å²) in [7, 11) is 0. The Kier molecular flexibility index (Phi) is 4.83. The van der Waals surface area contributed by atoms with Crippen molar-refractivity contribution < 1.29 is 0 Å². The number of hydrogen-bond donors (Lipinski definition) is 0. The Morgan fingerprint density at radius 1 is 1.07 bits per heavy atom. The highest BCUT2D eigenvalue weighted by molar-refractivity contribution is 5.86. The molecule has 1 fully saturated rings. The number of aromatic nitrogens is 5. The molecule has 3 aromatic heterocycles. The van der Waals surface area contributed by atoms with Gasteiger partial charge in [-0.3, -0.25) is 4.79 Å². The van der Waals surface area contributed by atoms with Crippen molar-refractivity contribution >= 4 is 16.9 Å². The van der Waals surface area contributed by atoms with Gasteiger partial charge in [-0.2, -0.15) is 5.10 Å². The maximum absolute atomic E-state index is 12.3. The minimum atomic E-state index is -0.0685. The number of nitrogens with zero attached hydrogens (tertiary/aromatic N) is 6. The second-order valence-electron chi connectivity index (χ2n) is 8.49. The summed E-state index contributed by atoms with van der Waals surface area (Å²) in [5.74, 6) is 1.38. The lowest BCUT2D eigenvalue weighted by atomic mass is 9.92. The molecular weight excluding hydrogens is 352 g/mol. The van der Waals surface area contributed by atoms with E-state index >= 15 is 0 Å². The third-order valence-corrected chi connectivity index (χ3v) is 5.37. The zero-order valence-corrected chi connectivity index (χ0v) is 16.7. The second-order valence-corrected chi connectivity index (χ2v) is 8.49. The highest BCUT2D eigenvalue weighted by Gasteiger charge is 2.23. The minimum absolute atomic E-state index is 0.0247. The maximum atomic E-state index is 12.3. The number of rotatable bonds is 3. The van der Waals surface area contributed by atoms with Crippen molar-refractivity contribution in [1.82, 2.24) is 24.7 Å². The monoisotopic (exact) mass is 378 g/mol. The average molecular weight is 378 g/mol. The van der Waals surface area contributed by atoms with Crippen LogP contribution in [0.1, 0.15) is 39.3 Å². The third kappa shape index (κ3) is 3.74. The molecule has 0 bridgehead atoms. The fourth-order valence-corrected chi connectivity index (χ4v) is 3.69. The Hall–Kier alpha value is -2.83. The van der Waals surface area contributed by atoms with Gasteiger partial charge in [0.05, 0.1) is 11.1 Å². The Morgan fingerprint density at radius 3 is 2.61 bits per heavy atom. The SMILES string of the molecule is CC(C)(C)c1ccc(=O)n(CC2CCN(c3ncnc4ncccc34)CC2)n1. The number of pyridine rings is 1. The van der Waals surface area contributed by atoms with Crippen LogP contribution in [0.3, 0.4) is 0 Å². The van der Waals surface area contributed by atoms with Crippen molar-refractivity contribution in [1.29, 1.82) is 0 Å². The smallest absolute Gasteiger partial charge is 0.266 e. The van der Waals surface area contributed by atoms with E-state index in [4.69, 9.17) is 0 Å². The van der Waals surface area contributed by atoms with Gasteiger partial charge >= 0.3 is 0 Å². The molecule has 1 aliphatic heterocycles. The summed E-state index contributed by atoms with van der Waals surface area (Å²) in [6.07, 6.45) is 5.33. The molecule has 146 valence electrons. The summed E-state index contributed by atoms with van der Waals surface area (Å²) < 4.78 is 1.64. The zero-order chi connectivity index (χ0) is 19.7. The van der Waals surface area contributed by atoms with Crippen molar-refractivity contribution in [2.24, 2.45) is 5.92 Å². The molecule has 0 unspecified atom stereocenters. The van der Waals surface area contributed by atoms with Crippen LogP contribution >= 0.6 is 0 Å². The van der Waals surface area contributed by atoms with Gasteiger partial charge in [-0.05, 0) is 37.0 Å². The Labute approximate surface area is 164 Å². The summed E-state index contributed by atoms with van der Waals surface area (Å²) in [4.78, 5) is 27.6. The molecule has 0 spiro atoms. The second kappa shape index (κ2) is 7.30. The van der Waals surface area contributed by atoms with Gasteiger partial charge < -0.3 is 4.90 Å². The predicted molar refractivity (Wildman–Crippen MR) is 109 cm³/mol. The minimum Gasteiger partial charge on any atom is -0.356 e. The van der Waals surface area contributed by atoms with E-state index in [1.165, 1.54) is 0 Å². The van der Waals surface area contributed by atoms with Crippen LogP contribution < -0.4 is 10.5 Å². The van der Waals surface area contributed by atoms with Crippen LogP contribution in [0.25, 0.3) is 11.0 Å². The molecule has 4 heterocycles. The normalized spacial score (nSPS) is 15.9. The molecule has 0 atom stereocenters. The molecule has 1 saturated heterocycles. The molecular formula is C21H26N6O. The number of fused-ring (bicyclic) bond motifs is 1. The van der Waals surface area contributed by atoms with Crippen LogP contribution in [-0.2, 0) is 12.0 Å². The van der Waals surface area contributed by atoms with Gasteiger partial charge in [-0.25, -0.2) is 19.6 Å². The standard InChI is InChI=1S/C21H26N6O/c1-21(2,3)17-6-7-18(28)27(25-17)13-15-8-11-26(12-9-15)20-16-5-4-10-22-19(16)23-14-24-20/h4-7,10,14-15H,8-9,11-13H2,1-3H3. The number of anilines is 1. The first kappa shape index (κ1) is 18.5. The van der Waals surface area contributed by atoms with Crippen LogP contribution in [0.15, 0.2) is 41.6 Å². The predicted octanol–water partition coefficient (Wildman–Crippen LogP) is 2.80. The van der Waals surface area contributed by atoms with Crippen LogP contribution in [0.4, 0.5) is 5.82 Å². The number of hydrogen-bond acceptors (Lipinski definition) is 6. The van der Waals surface area contributed by atoms with Crippen LogP contribution in [0.2, 0.25) is 0 Å². The van der Waals surface area contributed by atoms with Crippen LogP contribution in [0.5, 0.6) is 0 Å². The summed E-state index contributed by atoms with van der Waals surface area (Å²) in [6, 6.07) is 7.42. The quantitative estimate of drug-likeness (QED) is 0.697. The van der Waals surface area contributed by atoms with Crippen LogP contribution in [-0.4, -0.2) is 37.8 Å². The van der Waals surface area contributed by atoms with E-state index in [0.29, 0.717) is 12.5 Å². The van der Waals surface area contributed by atoms with Crippen molar-refractivity contribution in [3.63, 3.8) is 0 Å². The van der Waals surface area contributed by atoms with Gasteiger partial charge in [-0.1, -0.05) is 20.8 Å². The lowest BCUT2D eigenvalue weighted by molar-refractivity contribution is 0.330. The first-order valence-corrected chi connectivity index (χ1v) is 9.81. The van der Waals surface area contributed by atoms with Gasteiger partial charge in [0, 0.05) is 37.3 Å². The van der Waals surface area contributed by atoms with E-state index in [1.54, 1.807) is 23.3 Å². The fourth-order valence-electron chi connectivity index (χ4n) is 3.69. The van der Waals surface area contributed by atoms with E-state index in [1.807, 2.05) is 18.2 Å². The molecule has 0 saturated carbocycles. The Balaban J connectivity index is 1.47. The summed E-state index contributed by atoms with van der Waals surface area (Å²) >= 11 is 0. The van der Waals surface area contributed by atoms with E-state index < -0.39 is 0 Å². The van der Waals surface area contributed by atoms with Gasteiger partial charge in [0.25, 0.3) is 5.56 Å². The average Bonchev–Trinajstić information content (AvgIpc) is 2.69. The molecule has 0 aliphatic carbocycles. The largest absolute Gasteiger partial charge is 0.356 e. The molecule has 0 radical (unpaired) electrons. The number of piperidine rings is 1. The highest BCUT2D eigenvalue weighted by atomic mass is 16.1. The lowest BCUT2D eigenvalue weighted by Crippen LogP contribution is -2.37. The van der Waals surface area contributed by atoms with Crippen molar-refractivity contribution in [3.8, 4) is 0 Å². The maximum Gasteiger partial charge on any atom is 0.266 e. The first-order valence-electron chi connectivity index (χ1n) is 9.81. The topological polar surface area (TPSA) is 76.8 Å². The molecule has 0 N–H and O–H groups in total. The Bertz CT molecular complexity index is 1030. The summed E-state index contributed by atoms with van der Waals surface area (Å²) in [5.41, 5.74) is 1.58. The summed E-state index contributed by atoms with van der Waals surface area (Å²) in [5, 5.41) is 5.60. The zero-order valence-electron chi connectivity index (χ0n) is 16.7. The van der Waals surface area contributed by atoms with Crippen molar-refractivity contribution in [3.05, 3.63) is 52.8 Å². The third-order valence-electron chi connectivity index (χ3n) is 5.37. The lowest BCUT2D eigenvalue weighted by Gasteiger charge is -2.33. The molecule has 4 rings (SSSR count). The van der Waals surface area contributed by atoms with Gasteiger partial charge in [0.2, 0.25) is 0 Å². The molecule has 1 aliphatic rings. The molecule has 7 heteroatoms. The van der Waals surface area contributed by atoms with E-state index in [9.17, 15) is 4.79 Å². The van der Waals surface area contributed by atoms with Crippen molar-refractivity contribution in [2.45, 2.75) is 45.6 Å². The van der Waals surface area contributed by atoms with E-state index in [-0.39, 0.29) is 11.0 Å². The van der Waals surface area contributed by atoms with E-state index in [0.717, 1.165) is 48.5 Å². The molecule has 28 heavy (non-hydrogen) atoms. The van der Waals surface area contributed by atoms with E-state index in [2.05, 4.69) is 45.7 Å². The molecule has 0 aromatic carbocycles. The first-order chi connectivity index (χ1) is 13.4. The van der Waals surface area contributed by atoms with Crippen LogP contribution in [0, 0.1) is 5.92 Å². The molecule has 7 nitrogen and oxygen atoms in total. The van der Waals surface area contributed by atoms with Gasteiger partial charge in [0.15, 0.2) is 5.65 Å². The fraction of sp³-hybridized carbons (Fsp3) is 0.476. The van der Waals surface area contributed by atoms with Crippen molar-refractivity contribution in [2.75, 3.05) is 18.0 Å². The molecule has 3 aromatic rings. The highest BCUT2D eigenvalue weighted by Crippen LogP contribution is 2.27.